The van der Waals surface area contributed by atoms with E-state index in [2.05, 4.69) is 27.3 Å². The molecule has 0 spiro atoms. The number of aromatic nitrogens is 5. The second-order valence-electron chi connectivity index (χ2n) is 5.32. The highest BCUT2D eigenvalue weighted by Crippen LogP contribution is 2.25. The van der Waals surface area contributed by atoms with Gasteiger partial charge in [0, 0.05) is 13.5 Å². The quantitative estimate of drug-likeness (QED) is 0.552. The van der Waals surface area contributed by atoms with Crippen molar-refractivity contribution in [1.82, 2.24) is 24.9 Å². The normalized spacial score (nSPS) is 11.0. The Labute approximate surface area is 154 Å². The summed E-state index contributed by atoms with van der Waals surface area (Å²) in [5, 5.41) is 13.6. The van der Waals surface area contributed by atoms with Gasteiger partial charge < -0.3 is 13.8 Å². The van der Waals surface area contributed by atoms with Crippen LogP contribution >= 0.6 is 23.4 Å². The first kappa shape index (κ1) is 17.8. The average molecular weight is 380 g/mol. The van der Waals surface area contributed by atoms with Crippen LogP contribution in [0.15, 0.2) is 33.9 Å². The van der Waals surface area contributed by atoms with Crippen LogP contribution in [0, 0.1) is 0 Å². The minimum absolute atomic E-state index is 0.287. The van der Waals surface area contributed by atoms with Crippen molar-refractivity contribution >= 4 is 23.4 Å². The van der Waals surface area contributed by atoms with E-state index in [-0.39, 0.29) is 6.61 Å². The van der Waals surface area contributed by atoms with Crippen molar-refractivity contribution in [3.63, 3.8) is 0 Å². The molecule has 0 atom stereocenters. The van der Waals surface area contributed by atoms with Crippen LogP contribution in [0.25, 0.3) is 0 Å². The first-order valence-electron chi connectivity index (χ1n) is 7.87. The summed E-state index contributed by atoms with van der Waals surface area (Å²) in [6, 6.07) is 7.33. The number of nitrogens with zero attached hydrogens (tertiary/aromatic N) is 5. The molecule has 25 heavy (non-hydrogen) atoms. The van der Waals surface area contributed by atoms with Gasteiger partial charge in [-0.1, -0.05) is 47.6 Å². The van der Waals surface area contributed by atoms with E-state index in [9.17, 15) is 0 Å². The molecule has 0 saturated carbocycles. The number of ether oxygens (including phenoxy) is 1. The predicted molar refractivity (Wildman–Crippen MR) is 94.6 cm³/mol. The summed E-state index contributed by atoms with van der Waals surface area (Å²) in [5.41, 5.74) is 0. The molecule has 0 aliphatic carbocycles. The Hall–Kier alpha value is -2.06. The fraction of sp³-hybridized carbons (Fsp3) is 0.375. The summed E-state index contributed by atoms with van der Waals surface area (Å²) in [6.07, 6.45) is 1.81. The number of hydrogen-bond acceptors (Lipinski definition) is 7. The maximum Gasteiger partial charge on any atom is 0.237 e. The Morgan fingerprint density at radius 2 is 2.12 bits per heavy atom. The molecule has 3 aromatic rings. The SMILES string of the molecule is CCCc1noc(CSc2nnc(COc3ccccc3Cl)n2C)n1. The summed E-state index contributed by atoms with van der Waals surface area (Å²) >= 11 is 7.57. The lowest BCUT2D eigenvalue weighted by Gasteiger charge is -2.07. The molecule has 3 rings (SSSR count). The van der Waals surface area contributed by atoms with Gasteiger partial charge in [0.05, 0.1) is 10.8 Å². The van der Waals surface area contributed by atoms with Crippen LogP contribution in [0.2, 0.25) is 5.02 Å². The standard InChI is InChI=1S/C16H18ClN5O2S/c1-3-6-13-18-15(24-21-13)10-25-16-20-19-14(22(16)2)9-23-12-8-5-4-7-11(12)17/h4-5,7-8H,3,6,9-10H2,1-2H3. The van der Waals surface area contributed by atoms with Gasteiger partial charge in [-0.15, -0.1) is 10.2 Å². The van der Waals surface area contributed by atoms with Crippen molar-refractivity contribution < 1.29 is 9.26 Å². The van der Waals surface area contributed by atoms with Gasteiger partial charge in [-0.2, -0.15) is 4.98 Å². The Kier molecular flexibility index (Phi) is 5.93. The molecule has 0 saturated heterocycles. The molecule has 0 fully saturated rings. The molecule has 7 nitrogen and oxygen atoms in total. The zero-order chi connectivity index (χ0) is 17.6. The number of para-hydroxylation sites is 1. The van der Waals surface area contributed by atoms with Crippen LogP contribution in [0.3, 0.4) is 0 Å². The van der Waals surface area contributed by atoms with Crippen molar-refractivity contribution in [2.45, 2.75) is 37.3 Å². The molecule has 2 aromatic heterocycles. The predicted octanol–water partition coefficient (Wildman–Crippen LogP) is 3.68. The van der Waals surface area contributed by atoms with Gasteiger partial charge >= 0.3 is 0 Å². The average Bonchev–Trinajstić information content (AvgIpc) is 3.20. The molecule has 0 unspecified atom stereocenters. The smallest absolute Gasteiger partial charge is 0.237 e. The van der Waals surface area contributed by atoms with Gasteiger partial charge in [0.25, 0.3) is 0 Å². The van der Waals surface area contributed by atoms with Crippen LogP contribution in [0.5, 0.6) is 5.75 Å². The maximum atomic E-state index is 6.08. The van der Waals surface area contributed by atoms with Crippen molar-refractivity contribution in [2.24, 2.45) is 7.05 Å². The zero-order valence-corrected chi connectivity index (χ0v) is 15.5. The van der Waals surface area contributed by atoms with Gasteiger partial charge in [0.1, 0.15) is 12.4 Å². The molecule has 0 bridgehead atoms. The minimum Gasteiger partial charge on any atom is -0.484 e. The largest absolute Gasteiger partial charge is 0.484 e. The summed E-state index contributed by atoms with van der Waals surface area (Å²) < 4.78 is 12.8. The van der Waals surface area contributed by atoms with E-state index >= 15 is 0 Å². The third-order valence-electron chi connectivity index (χ3n) is 3.43. The Morgan fingerprint density at radius 3 is 2.92 bits per heavy atom. The molecule has 1 aromatic carbocycles. The third kappa shape index (κ3) is 4.52. The monoisotopic (exact) mass is 379 g/mol. The van der Waals surface area contributed by atoms with Gasteiger partial charge in [0.15, 0.2) is 16.8 Å². The number of hydrogen-bond donors (Lipinski definition) is 0. The minimum atomic E-state index is 0.287. The van der Waals surface area contributed by atoms with Gasteiger partial charge in [-0.25, -0.2) is 0 Å². The number of aryl methyl sites for hydroxylation is 1. The molecule has 0 aliphatic heterocycles. The molecule has 0 N–H and O–H groups in total. The maximum absolute atomic E-state index is 6.08. The number of benzene rings is 1. The topological polar surface area (TPSA) is 78.9 Å². The van der Waals surface area contributed by atoms with Crippen LogP contribution in [0.1, 0.15) is 30.9 Å². The van der Waals surface area contributed by atoms with Crippen molar-refractivity contribution in [3.8, 4) is 5.75 Å². The van der Waals surface area contributed by atoms with Crippen molar-refractivity contribution in [1.29, 1.82) is 0 Å². The summed E-state index contributed by atoms with van der Waals surface area (Å²) in [6.45, 7) is 2.37. The first-order chi connectivity index (χ1) is 12.2. The number of rotatable bonds is 8. The van der Waals surface area contributed by atoms with E-state index in [1.165, 1.54) is 11.8 Å². The fourth-order valence-electron chi connectivity index (χ4n) is 2.10. The summed E-state index contributed by atoms with van der Waals surface area (Å²) in [7, 11) is 1.89. The van der Waals surface area contributed by atoms with Gasteiger partial charge in [0.2, 0.25) is 5.89 Å². The molecule has 0 aliphatic rings. The summed E-state index contributed by atoms with van der Waals surface area (Å²) in [5.74, 6) is 3.21. The highest BCUT2D eigenvalue weighted by molar-refractivity contribution is 7.98. The molecule has 132 valence electrons. The Morgan fingerprint density at radius 1 is 1.28 bits per heavy atom. The molecule has 9 heteroatoms. The van der Waals surface area contributed by atoms with Gasteiger partial charge in [-0.3, -0.25) is 0 Å². The molecular formula is C16H18ClN5O2S. The third-order valence-corrected chi connectivity index (χ3v) is 4.74. The lowest BCUT2D eigenvalue weighted by atomic mass is 10.3. The van der Waals surface area contributed by atoms with Crippen LogP contribution < -0.4 is 4.74 Å². The highest BCUT2D eigenvalue weighted by atomic mass is 35.5. The summed E-state index contributed by atoms with van der Waals surface area (Å²) in [4.78, 5) is 4.34. The molecular weight excluding hydrogens is 362 g/mol. The Bertz CT molecular complexity index is 836. The van der Waals surface area contributed by atoms with Gasteiger partial charge in [-0.05, 0) is 18.6 Å². The molecule has 2 heterocycles. The van der Waals surface area contributed by atoms with E-state index < -0.39 is 0 Å². The second-order valence-corrected chi connectivity index (χ2v) is 6.67. The number of halogens is 1. The first-order valence-corrected chi connectivity index (χ1v) is 9.23. The van der Waals surface area contributed by atoms with Crippen LogP contribution in [-0.2, 0) is 25.8 Å². The lowest BCUT2D eigenvalue weighted by molar-refractivity contribution is 0.290. The second kappa shape index (κ2) is 8.35. The van der Waals surface area contributed by atoms with E-state index in [0.717, 1.165) is 23.8 Å². The number of thioether (sulfide) groups is 1. The van der Waals surface area contributed by atoms with E-state index in [4.69, 9.17) is 20.9 Å². The lowest BCUT2D eigenvalue weighted by Crippen LogP contribution is -2.04. The Balaban J connectivity index is 1.58. The fourth-order valence-corrected chi connectivity index (χ4v) is 3.06. The van der Waals surface area contributed by atoms with Crippen LogP contribution in [0.4, 0.5) is 0 Å². The van der Waals surface area contributed by atoms with E-state index in [0.29, 0.717) is 28.2 Å². The zero-order valence-electron chi connectivity index (χ0n) is 14.0. The highest BCUT2D eigenvalue weighted by Gasteiger charge is 2.13. The molecule has 0 amide bonds. The van der Waals surface area contributed by atoms with E-state index in [1.807, 2.05) is 29.8 Å². The van der Waals surface area contributed by atoms with Crippen molar-refractivity contribution in [2.75, 3.05) is 0 Å². The van der Waals surface area contributed by atoms with Crippen LogP contribution in [-0.4, -0.2) is 24.9 Å². The van der Waals surface area contributed by atoms with Crippen molar-refractivity contribution in [3.05, 3.63) is 46.8 Å². The molecule has 0 radical (unpaired) electrons. The van der Waals surface area contributed by atoms with E-state index in [1.54, 1.807) is 6.07 Å².